The van der Waals surface area contributed by atoms with Gasteiger partial charge in [0.25, 0.3) is 0 Å². The Kier molecular flexibility index (Phi) is 7500. The second kappa shape index (κ2) is 286. The molecule has 0 spiro atoms. The van der Waals surface area contributed by atoms with Crippen LogP contribution in [0.5, 0.6) is 0 Å². The Balaban J connectivity index is -0.000000001000. The summed E-state index contributed by atoms with van der Waals surface area (Å²) >= 11 is 0. The van der Waals surface area contributed by atoms with Gasteiger partial charge in [0.2, 0.25) is 0 Å². The fourth-order valence-electron chi connectivity index (χ4n) is 0. The molecule has 0 aliphatic rings. The molecule has 0 aliphatic heterocycles. The van der Waals surface area contributed by atoms with Crippen molar-refractivity contribution in [2.45, 2.75) is 0 Å². The van der Waals surface area contributed by atoms with Crippen LogP contribution in [0.1, 0.15) is 0 Å². The Bertz CT molecular complexity index is 33.3. The first-order valence-corrected chi connectivity index (χ1v) is 0.548. The summed E-state index contributed by atoms with van der Waals surface area (Å²) in [5.74, 6) is 0. The van der Waals surface area contributed by atoms with Crippen LogP contribution < -0.4 is 0 Å². The Morgan fingerprint density at radius 2 is 0.571 bits per heavy atom. The normalized spacial score (nSPS) is 1.71. The number of hydrogen-bond acceptors (Lipinski definition) is 3. The molecule has 0 aromatic heterocycles. The molecule has 1 radical (unpaired) electrons. The van der Waals surface area contributed by atoms with Crippen molar-refractivity contribution in [2.75, 3.05) is 0 Å². The van der Waals surface area contributed by atoms with E-state index in [1.165, 1.54) is 0 Å². The summed E-state index contributed by atoms with van der Waals surface area (Å²) in [6.07, 6.45) is 0. The SMILES string of the molecule is O.O.O.O.O.O.O.O.O.O=[N+]([O-])[O-].[Fe+3]. The van der Waals surface area contributed by atoms with Crippen molar-refractivity contribution in [1.29, 1.82) is 0 Å². The van der Waals surface area contributed by atoms with E-state index in [4.69, 9.17) is 15.3 Å². The van der Waals surface area contributed by atoms with Crippen molar-refractivity contribution in [1.82, 2.24) is 0 Å². The van der Waals surface area contributed by atoms with Crippen molar-refractivity contribution < 1.29 is 71.4 Å². The number of rotatable bonds is 0. The number of hydrogen-bond donors (Lipinski definition) is 0. The van der Waals surface area contributed by atoms with Gasteiger partial charge in [0.1, 0.15) is 0 Å². The van der Waals surface area contributed by atoms with Gasteiger partial charge in [-0.2, -0.15) is 0 Å². The molecular formula is H18FeNO12+2. The van der Waals surface area contributed by atoms with Crippen LogP contribution in [0, 0.1) is 15.3 Å². The summed E-state index contributed by atoms with van der Waals surface area (Å²) in [6, 6.07) is 0. The molecule has 13 nitrogen and oxygen atoms in total. The van der Waals surface area contributed by atoms with Crippen molar-refractivity contribution in [3.63, 3.8) is 0 Å². The summed E-state index contributed by atoms with van der Waals surface area (Å²) in [7, 11) is 0. The van der Waals surface area contributed by atoms with Crippen LogP contribution in [0.3, 0.4) is 0 Å². The molecule has 0 aliphatic carbocycles. The van der Waals surface area contributed by atoms with E-state index < -0.39 is 5.09 Å². The maximum Gasteiger partial charge on any atom is 3.00 e. The first-order valence-electron chi connectivity index (χ1n) is 0.548. The Morgan fingerprint density at radius 3 is 0.571 bits per heavy atom. The molecule has 0 atom stereocenters. The van der Waals surface area contributed by atoms with Crippen LogP contribution in [-0.2, 0) is 17.1 Å². The molecule has 0 aromatic carbocycles. The predicted octanol–water partition coefficient (Wildman–Crippen LogP) is -7.66. The maximum atomic E-state index is 8.25. The Hall–Kier alpha value is -0.641. The average Bonchev–Trinajstić information content (AvgIpc) is 0.811. The minimum Gasteiger partial charge on any atom is -0.412 e. The molecule has 0 heterocycles. The summed E-state index contributed by atoms with van der Waals surface area (Å²) in [5.41, 5.74) is 0. The third-order valence-corrected chi connectivity index (χ3v) is 0. The third-order valence-electron chi connectivity index (χ3n) is 0. The Morgan fingerprint density at radius 1 is 0.571 bits per heavy atom. The monoisotopic (exact) mass is 280 g/mol. The first kappa shape index (κ1) is 367. The molecule has 0 bridgehead atoms. The largest absolute Gasteiger partial charge is 3.00 e. The molecule has 0 fully saturated rings. The van der Waals surface area contributed by atoms with Crippen LogP contribution in [0.2, 0.25) is 0 Å². The maximum absolute atomic E-state index is 8.25. The summed E-state index contributed by atoms with van der Waals surface area (Å²) in [6.45, 7) is 0. The number of nitrogens with zero attached hydrogens (tertiary/aromatic N) is 1. The van der Waals surface area contributed by atoms with Crippen LogP contribution >= 0.6 is 0 Å². The van der Waals surface area contributed by atoms with E-state index in [9.17, 15) is 0 Å². The van der Waals surface area contributed by atoms with Crippen molar-refractivity contribution in [2.24, 2.45) is 0 Å². The zero-order chi connectivity index (χ0) is 3.58. The molecule has 0 rings (SSSR count). The van der Waals surface area contributed by atoms with Gasteiger partial charge in [0.05, 0.1) is 5.09 Å². The summed E-state index contributed by atoms with van der Waals surface area (Å²) in [4.78, 5) is 8.25. The minimum atomic E-state index is -1.75. The molecule has 14 heavy (non-hydrogen) atoms. The van der Waals surface area contributed by atoms with Gasteiger partial charge in [-0.1, -0.05) is 0 Å². The zero-order valence-electron chi connectivity index (χ0n) is 6.53. The molecule has 18 N–H and O–H groups in total. The molecule has 14 heteroatoms. The van der Waals surface area contributed by atoms with Crippen molar-refractivity contribution in [3.05, 3.63) is 15.3 Å². The van der Waals surface area contributed by atoms with E-state index in [-0.39, 0.29) is 66.4 Å². The van der Waals surface area contributed by atoms with Gasteiger partial charge in [-0.25, -0.2) is 0 Å². The van der Waals surface area contributed by atoms with Crippen molar-refractivity contribution >= 4 is 0 Å². The van der Waals surface area contributed by atoms with Crippen LogP contribution in [0.15, 0.2) is 0 Å². The van der Waals surface area contributed by atoms with Gasteiger partial charge in [-0.05, 0) is 0 Å². The van der Waals surface area contributed by atoms with E-state index >= 15 is 0 Å². The second-order valence-electron chi connectivity index (χ2n) is 0.224. The second-order valence-corrected chi connectivity index (χ2v) is 0.224. The molecule has 0 aromatic rings. The van der Waals surface area contributed by atoms with E-state index in [2.05, 4.69) is 0 Å². The zero-order valence-corrected chi connectivity index (χ0v) is 7.63. The van der Waals surface area contributed by atoms with Crippen LogP contribution in [0.25, 0.3) is 0 Å². The van der Waals surface area contributed by atoms with Gasteiger partial charge in [-0.15, -0.1) is 0 Å². The van der Waals surface area contributed by atoms with Gasteiger partial charge < -0.3 is 64.6 Å². The van der Waals surface area contributed by atoms with Gasteiger partial charge in [-0.3, -0.25) is 0 Å². The molecule has 0 saturated carbocycles. The topological polar surface area (TPSA) is 350 Å². The molecule has 0 saturated heterocycles. The average molecular weight is 280 g/mol. The van der Waals surface area contributed by atoms with Gasteiger partial charge in [0.15, 0.2) is 0 Å². The summed E-state index contributed by atoms with van der Waals surface area (Å²) < 4.78 is 0. The van der Waals surface area contributed by atoms with Crippen LogP contribution in [0.4, 0.5) is 0 Å². The summed E-state index contributed by atoms with van der Waals surface area (Å²) in [5, 5.41) is 14.8. The third kappa shape index (κ3) is 2970. The van der Waals surface area contributed by atoms with Crippen LogP contribution in [-0.4, -0.2) is 54.4 Å². The molecule has 0 amide bonds. The molecule has 101 valence electrons. The van der Waals surface area contributed by atoms with E-state index in [0.29, 0.717) is 0 Å². The smallest absolute Gasteiger partial charge is 0.412 e. The van der Waals surface area contributed by atoms with E-state index in [1.807, 2.05) is 0 Å². The minimum absolute atomic E-state index is 0. The fraction of sp³-hybridized carbons (Fsp3) is 0. The van der Waals surface area contributed by atoms with E-state index in [0.717, 1.165) is 0 Å². The fourth-order valence-corrected chi connectivity index (χ4v) is 0. The molecular weight excluding hydrogens is 262 g/mol. The predicted molar refractivity (Wildman–Crippen MR) is 42.9 cm³/mol. The standard InChI is InChI=1S/Fe.NO3.9H2O/c;2-1(3)4;;;;;;;;;/h;;9*1H2/q+3;-1;;;;;;;;;. The van der Waals surface area contributed by atoms with Gasteiger partial charge in [0, 0.05) is 0 Å². The molecule has 0 unspecified atom stereocenters. The first-order chi connectivity index (χ1) is 1.73. The van der Waals surface area contributed by atoms with Crippen molar-refractivity contribution in [3.8, 4) is 0 Å². The van der Waals surface area contributed by atoms with E-state index in [1.54, 1.807) is 0 Å². The quantitative estimate of drug-likeness (QED) is 0.237. The van der Waals surface area contributed by atoms with Gasteiger partial charge >= 0.3 is 17.1 Å². The Labute approximate surface area is 87.7 Å².